The van der Waals surface area contributed by atoms with Gasteiger partial charge in [-0.25, -0.2) is 4.39 Å². The van der Waals surface area contributed by atoms with Gasteiger partial charge in [-0.05, 0) is 55.6 Å². The van der Waals surface area contributed by atoms with Gasteiger partial charge in [0.2, 0.25) is 0 Å². The summed E-state index contributed by atoms with van der Waals surface area (Å²) in [7, 11) is 0. The maximum absolute atomic E-state index is 15.3. The number of hydrogen-bond donors (Lipinski definition) is 1. The van der Waals surface area contributed by atoms with E-state index >= 15 is 4.39 Å². The van der Waals surface area contributed by atoms with Crippen molar-refractivity contribution in [1.82, 2.24) is 4.90 Å². The van der Waals surface area contributed by atoms with Crippen LogP contribution in [0.1, 0.15) is 42.9 Å². The van der Waals surface area contributed by atoms with E-state index in [0.29, 0.717) is 29.5 Å². The third kappa shape index (κ3) is 4.57. The van der Waals surface area contributed by atoms with Crippen molar-refractivity contribution in [2.75, 3.05) is 26.2 Å². The Hall–Kier alpha value is -1.76. The van der Waals surface area contributed by atoms with Crippen molar-refractivity contribution in [3.63, 3.8) is 0 Å². The van der Waals surface area contributed by atoms with Gasteiger partial charge in [0.25, 0.3) is 0 Å². The molecule has 0 amide bonds. The molecule has 0 bridgehead atoms. The molecule has 2 aliphatic heterocycles. The topological polar surface area (TPSA) is 49.8 Å². The predicted molar refractivity (Wildman–Crippen MR) is 122 cm³/mol. The van der Waals surface area contributed by atoms with Crippen molar-refractivity contribution in [3.8, 4) is 5.75 Å². The number of halogens is 2. The number of ether oxygens (including phenoxy) is 1. The first kappa shape index (κ1) is 22.4. The third-order valence-electron chi connectivity index (χ3n) is 6.55. The van der Waals surface area contributed by atoms with Gasteiger partial charge < -0.3 is 14.7 Å². The van der Waals surface area contributed by atoms with E-state index in [1.165, 1.54) is 17.3 Å². The van der Waals surface area contributed by atoms with Crippen LogP contribution in [0.3, 0.4) is 0 Å². The van der Waals surface area contributed by atoms with Crippen LogP contribution in [0, 0.1) is 5.82 Å². The zero-order valence-electron chi connectivity index (χ0n) is 17.6. The molecule has 0 radical (unpaired) electrons. The third-order valence-corrected chi connectivity index (χ3v) is 7.96. The summed E-state index contributed by atoms with van der Waals surface area (Å²) in [5.41, 5.74) is 3.03. The van der Waals surface area contributed by atoms with E-state index in [9.17, 15) is 4.79 Å². The lowest BCUT2D eigenvalue weighted by molar-refractivity contribution is -0.137. The molecule has 4 nitrogen and oxygen atoms in total. The van der Waals surface area contributed by atoms with E-state index in [4.69, 9.17) is 21.4 Å². The van der Waals surface area contributed by atoms with Crippen LogP contribution in [0.15, 0.2) is 35.2 Å². The lowest BCUT2D eigenvalue weighted by Crippen LogP contribution is -2.44. The maximum Gasteiger partial charge on any atom is 0.304 e. The first-order valence-corrected chi connectivity index (χ1v) is 12.1. The minimum atomic E-state index is -0.773. The molecule has 31 heavy (non-hydrogen) atoms. The minimum Gasteiger partial charge on any atom is -0.489 e. The summed E-state index contributed by atoms with van der Waals surface area (Å²) >= 11 is 7.84. The minimum absolute atomic E-state index is 0.153. The molecular formula is C24H27ClFNO3S. The Morgan fingerprint density at radius 3 is 2.77 bits per heavy atom. The molecule has 2 aromatic rings. The van der Waals surface area contributed by atoms with E-state index in [0.717, 1.165) is 48.5 Å². The van der Waals surface area contributed by atoms with Crippen molar-refractivity contribution < 1.29 is 19.0 Å². The summed E-state index contributed by atoms with van der Waals surface area (Å²) in [5, 5.41) is 9.62. The van der Waals surface area contributed by atoms with Gasteiger partial charge in [-0.1, -0.05) is 36.7 Å². The number of nitrogens with zero attached hydrogens (tertiary/aromatic N) is 1. The van der Waals surface area contributed by atoms with Crippen LogP contribution in [0.5, 0.6) is 5.75 Å². The van der Waals surface area contributed by atoms with Crippen molar-refractivity contribution in [1.29, 1.82) is 0 Å². The number of piperidine rings is 1. The van der Waals surface area contributed by atoms with Gasteiger partial charge in [-0.3, -0.25) is 4.79 Å². The Bertz CT molecular complexity index is 976. The summed E-state index contributed by atoms with van der Waals surface area (Å²) in [4.78, 5) is 13.6. The number of carboxylic acid groups (broad SMARTS) is 1. The van der Waals surface area contributed by atoms with E-state index in [1.54, 1.807) is 0 Å². The van der Waals surface area contributed by atoms with Crippen LogP contribution in [0.4, 0.5) is 4.39 Å². The molecule has 2 aliphatic rings. The molecule has 7 heteroatoms. The Balaban J connectivity index is 1.47. The smallest absolute Gasteiger partial charge is 0.304 e. The highest BCUT2D eigenvalue weighted by Gasteiger charge is 2.44. The second-order valence-electron chi connectivity index (χ2n) is 8.33. The molecule has 0 aliphatic carbocycles. The van der Waals surface area contributed by atoms with Gasteiger partial charge in [0.1, 0.15) is 0 Å². The molecule has 2 aromatic carbocycles. The van der Waals surface area contributed by atoms with Crippen LogP contribution in [-0.4, -0.2) is 42.2 Å². The van der Waals surface area contributed by atoms with Gasteiger partial charge >= 0.3 is 5.97 Å². The number of rotatable bonds is 7. The molecule has 0 saturated carbocycles. The molecule has 4 rings (SSSR count). The molecule has 0 atom stereocenters. The summed E-state index contributed by atoms with van der Waals surface area (Å²) < 4.78 is 21.2. The number of likely N-dealkylation sites (tertiary alicyclic amines) is 1. The maximum atomic E-state index is 15.3. The lowest BCUT2D eigenvalue weighted by Gasteiger charge is -2.38. The molecule has 2 heterocycles. The fourth-order valence-electron chi connectivity index (χ4n) is 4.61. The van der Waals surface area contributed by atoms with Crippen molar-refractivity contribution in [3.05, 3.63) is 57.9 Å². The van der Waals surface area contributed by atoms with E-state index < -0.39 is 5.97 Å². The van der Waals surface area contributed by atoms with Crippen molar-refractivity contribution in [2.24, 2.45) is 0 Å². The molecule has 1 spiro atoms. The lowest BCUT2D eigenvalue weighted by atomic mass is 9.74. The first-order chi connectivity index (χ1) is 14.9. The van der Waals surface area contributed by atoms with Gasteiger partial charge in [0.05, 0.1) is 13.0 Å². The van der Waals surface area contributed by atoms with Gasteiger partial charge in [-0.15, -0.1) is 11.8 Å². The SMILES string of the molecule is CCc1cccc(Cl)c1CSc1ccc2c(c1F)OCC21CCN(CCC(=O)O)CC1. The number of carboxylic acids is 1. The number of fused-ring (bicyclic) bond motifs is 2. The van der Waals surface area contributed by atoms with Crippen LogP contribution in [-0.2, 0) is 22.4 Å². The number of aryl methyl sites for hydroxylation is 1. The Kier molecular flexibility index (Phi) is 6.80. The average Bonchev–Trinajstić information content (AvgIpc) is 3.12. The fourth-order valence-corrected chi connectivity index (χ4v) is 5.98. The predicted octanol–water partition coefficient (Wildman–Crippen LogP) is 5.53. The Labute approximate surface area is 191 Å². The molecule has 1 N–H and O–H groups in total. The van der Waals surface area contributed by atoms with Gasteiger partial charge in [0, 0.05) is 33.2 Å². The second kappa shape index (κ2) is 9.39. The highest BCUT2D eigenvalue weighted by atomic mass is 35.5. The van der Waals surface area contributed by atoms with Gasteiger partial charge in [-0.2, -0.15) is 0 Å². The molecule has 1 saturated heterocycles. The largest absolute Gasteiger partial charge is 0.489 e. The molecule has 0 unspecified atom stereocenters. The molecule has 166 valence electrons. The Morgan fingerprint density at radius 1 is 1.29 bits per heavy atom. The summed E-state index contributed by atoms with van der Waals surface area (Å²) in [6.45, 7) is 4.76. The standard InChI is InChI=1S/C24H27ClFNO3S/c1-2-16-4-3-5-19(25)17(16)14-31-20-7-6-18-23(22(20)26)30-15-24(18)9-12-27(13-10-24)11-8-21(28)29/h3-7H,2,8-15H2,1H3,(H,28,29). The van der Waals surface area contributed by atoms with Crippen LogP contribution >= 0.6 is 23.4 Å². The Morgan fingerprint density at radius 2 is 2.06 bits per heavy atom. The highest BCUT2D eigenvalue weighted by molar-refractivity contribution is 7.98. The summed E-state index contributed by atoms with van der Waals surface area (Å²) in [6.07, 6.45) is 2.74. The zero-order chi connectivity index (χ0) is 22.0. The highest BCUT2D eigenvalue weighted by Crippen LogP contribution is 2.48. The molecule has 1 fully saturated rings. The zero-order valence-corrected chi connectivity index (χ0v) is 19.2. The first-order valence-electron chi connectivity index (χ1n) is 10.7. The fraction of sp³-hybridized carbons (Fsp3) is 0.458. The van der Waals surface area contributed by atoms with E-state index in [2.05, 4.69) is 17.9 Å². The number of aliphatic carboxylic acids is 1. The van der Waals surface area contributed by atoms with Gasteiger partial charge in [0.15, 0.2) is 11.6 Å². The van der Waals surface area contributed by atoms with Crippen molar-refractivity contribution in [2.45, 2.75) is 48.7 Å². The number of carbonyl (C=O) groups is 1. The van der Waals surface area contributed by atoms with Crippen LogP contribution in [0.2, 0.25) is 5.02 Å². The number of benzene rings is 2. The second-order valence-corrected chi connectivity index (χ2v) is 9.75. The monoisotopic (exact) mass is 463 g/mol. The average molecular weight is 464 g/mol. The summed E-state index contributed by atoms with van der Waals surface area (Å²) in [6, 6.07) is 9.79. The molecular weight excluding hydrogens is 437 g/mol. The number of thioether (sulfide) groups is 1. The van der Waals surface area contributed by atoms with E-state index in [1.807, 2.05) is 24.3 Å². The van der Waals surface area contributed by atoms with Crippen LogP contribution in [0.25, 0.3) is 0 Å². The van der Waals surface area contributed by atoms with E-state index in [-0.39, 0.29) is 17.7 Å². The number of hydrogen-bond acceptors (Lipinski definition) is 4. The normalized spacial score (nSPS) is 17.5. The van der Waals surface area contributed by atoms with Crippen LogP contribution < -0.4 is 4.74 Å². The molecule has 0 aromatic heterocycles. The summed E-state index contributed by atoms with van der Waals surface area (Å²) in [5.74, 6) is -0.0520. The quantitative estimate of drug-likeness (QED) is 0.547. The van der Waals surface area contributed by atoms with Crippen molar-refractivity contribution >= 4 is 29.3 Å².